The van der Waals surface area contributed by atoms with E-state index in [2.05, 4.69) is 20.1 Å². The predicted octanol–water partition coefficient (Wildman–Crippen LogP) is 6.53. The van der Waals surface area contributed by atoms with Crippen molar-refractivity contribution in [2.24, 2.45) is 0 Å². The van der Waals surface area contributed by atoms with Crippen molar-refractivity contribution in [3.8, 4) is 17.2 Å². The molecule has 0 aliphatic carbocycles. The molecule has 1 N–H and O–H groups in total. The molecule has 0 fully saturated rings. The molecule has 0 spiro atoms. The number of carbonyl (C=O) groups is 2. The first-order chi connectivity index (χ1) is 22.1. The Morgan fingerprint density at radius 2 is 1.86 bits per heavy atom. The average molecular weight is 599 g/mol. The Balaban J connectivity index is 1.58. The van der Waals surface area contributed by atoms with Crippen LogP contribution in [0.5, 0.6) is 17.2 Å². The van der Waals surface area contributed by atoms with Crippen LogP contribution in [0.15, 0.2) is 48.7 Å². The smallest absolute Gasteiger partial charge is 0.221 e. The first kappa shape index (κ1) is 23.6. The van der Waals surface area contributed by atoms with Gasteiger partial charge in [-0.2, -0.15) is 5.10 Å². The largest absolute Gasteiger partial charge is 0.489 e. The van der Waals surface area contributed by atoms with Crippen LogP contribution in [-0.4, -0.2) is 46.7 Å². The number of aromatic nitrogens is 3. The summed E-state index contributed by atoms with van der Waals surface area (Å²) in [5.74, 6) is -0.196. The molecule has 10 heteroatoms. The summed E-state index contributed by atoms with van der Waals surface area (Å²) >= 11 is 6.58. The molecule has 2 aromatic carbocycles. The number of ether oxygens (including phenoxy) is 3. The molecular weight excluding hydrogens is 556 g/mol. The third kappa shape index (κ3) is 7.66. The van der Waals surface area contributed by atoms with E-state index in [0.29, 0.717) is 39.4 Å². The summed E-state index contributed by atoms with van der Waals surface area (Å²) in [6.45, 7) is 1.01. The molecule has 4 aromatic rings. The van der Waals surface area contributed by atoms with E-state index in [0.717, 1.165) is 7.11 Å². The summed E-state index contributed by atoms with van der Waals surface area (Å²) in [4.78, 5) is 29.4. The predicted molar refractivity (Wildman–Crippen MR) is 164 cm³/mol. The number of methoxy groups -OCH3 is 1. The van der Waals surface area contributed by atoms with Gasteiger partial charge in [-0.15, -0.1) is 0 Å². The summed E-state index contributed by atoms with van der Waals surface area (Å²) in [7, 11) is 1.01. The van der Waals surface area contributed by atoms with Crippen LogP contribution in [0.3, 0.4) is 0 Å². The molecule has 0 aliphatic heterocycles. The number of amides is 1. The van der Waals surface area contributed by atoms with E-state index in [-0.39, 0.29) is 40.5 Å². The van der Waals surface area contributed by atoms with Gasteiger partial charge in [0.25, 0.3) is 0 Å². The van der Waals surface area contributed by atoms with Gasteiger partial charge >= 0.3 is 0 Å². The number of benzene rings is 2. The van der Waals surface area contributed by atoms with E-state index in [1.807, 2.05) is 20.8 Å². The molecule has 0 saturated heterocycles. The second-order valence-electron chi connectivity index (χ2n) is 10.5. The van der Waals surface area contributed by atoms with Crippen LogP contribution in [0.25, 0.3) is 10.9 Å². The van der Waals surface area contributed by atoms with Gasteiger partial charge in [0.05, 0.1) is 31.7 Å². The fourth-order valence-electron chi connectivity index (χ4n) is 4.17. The Labute approximate surface area is 259 Å². The summed E-state index contributed by atoms with van der Waals surface area (Å²) in [6, 6.07) is 11.0. The lowest BCUT2D eigenvalue weighted by molar-refractivity contribution is -0.118. The van der Waals surface area contributed by atoms with Gasteiger partial charge in [0.2, 0.25) is 5.91 Å². The van der Waals surface area contributed by atoms with Crippen LogP contribution in [-0.2, 0) is 39.1 Å². The summed E-state index contributed by atoms with van der Waals surface area (Å²) in [5.41, 5.74) is 1.72. The number of Topliss-reactive ketones (excluding diaryl/α,β-unsaturated/α-hetero) is 1. The normalized spacial score (nSPS) is 14.6. The summed E-state index contributed by atoms with van der Waals surface area (Å²) in [5, 5.41) is 7.69. The number of anilines is 1. The zero-order valence-electron chi connectivity index (χ0n) is 30.3. The van der Waals surface area contributed by atoms with Crippen molar-refractivity contribution in [2.75, 3.05) is 25.5 Å². The Hall–Kier alpha value is -3.95. The minimum atomic E-state index is -2.93. The number of hydrogen-bond acceptors (Lipinski definition) is 7. The number of hydrogen-bond donors (Lipinski definition) is 1. The van der Waals surface area contributed by atoms with Gasteiger partial charge < -0.3 is 19.5 Å². The molecule has 1 amide bonds. The van der Waals surface area contributed by atoms with E-state index in [4.69, 9.17) is 29.3 Å². The summed E-state index contributed by atoms with van der Waals surface area (Å²) < 4.78 is 65.5. The van der Waals surface area contributed by atoms with Crippen LogP contribution in [0.1, 0.15) is 59.8 Å². The van der Waals surface area contributed by atoms with E-state index in [1.165, 1.54) is 36.9 Å². The molecule has 4 rings (SSSR count). The van der Waals surface area contributed by atoms with Gasteiger partial charge in [-0.05, 0) is 42.8 Å². The maximum Gasteiger partial charge on any atom is 0.221 e. The molecule has 2 aromatic heterocycles. The molecule has 222 valence electrons. The van der Waals surface area contributed by atoms with Gasteiger partial charge in [0.1, 0.15) is 29.6 Å². The second kappa shape index (κ2) is 13.4. The Morgan fingerprint density at radius 1 is 1.07 bits per heavy atom. The van der Waals surface area contributed by atoms with Gasteiger partial charge in [0, 0.05) is 67.2 Å². The minimum Gasteiger partial charge on any atom is -0.489 e. The highest BCUT2D eigenvalue weighted by Crippen LogP contribution is 2.37. The number of aryl methyl sites for hydroxylation is 1. The highest BCUT2D eigenvalue weighted by atomic mass is 35.5. The number of carbonyl (C=O) groups excluding carboxylic acids is 2. The lowest BCUT2D eigenvalue weighted by Crippen LogP contribution is -2.13. The van der Waals surface area contributed by atoms with Crippen LogP contribution < -0.4 is 14.8 Å². The molecule has 2 heterocycles. The first-order valence-corrected chi connectivity index (χ1v) is 13.5. The van der Waals surface area contributed by atoms with Gasteiger partial charge in [-0.25, -0.2) is 0 Å². The van der Waals surface area contributed by atoms with E-state index in [1.54, 1.807) is 30.3 Å². The molecular formula is C32H37ClN4O5. The third-order valence-electron chi connectivity index (χ3n) is 6.20. The van der Waals surface area contributed by atoms with Crippen molar-refractivity contribution < 1.29 is 32.0 Å². The highest BCUT2D eigenvalue weighted by Gasteiger charge is 2.21. The number of halogens is 1. The van der Waals surface area contributed by atoms with Crippen molar-refractivity contribution in [3.63, 3.8) is 0 Å². The zero-order chi connectivity index (χ0) is 35.8. The number of nitrogens with one attached hydrogen (secondary N) is 1. The maximum absolute atomic E-state index is 13.1. The molecule has 0 radical (unpaired) electrons. The zero-order valence-corrected chi connectivity index (χ0v) is 25.0. The maximum atomic E-state index is 13.1. The van der Waals surface area contributed by atoms with Crippen LogP contribution in [0, 0.1) is 0 Å². The number of ketones is 1. The average Bonchev–Trinajstić information content (AvgIpc) is 3.40. The van der Waals surface area contributed by atoms with Crippen LogP contribution in [0.4, 0.5) is 5.69 Å². The highest BCUT2D eigenvalue weighted by molar-refractivity contribution is 6.31. The summed E-state index contributed by atoms with van der Waals surface area (Å²) in [6.07, 6.45) is 1.41. The molecule has 0 saturated carbocycles. The van der Waals surface area contributed by atoms with Gasteiger partial charge in [0.15, 0.2) is 0 Å². The molecule has 42 heavy (non-hydrogen) atoms. The lowest BCUT2D eigenvalue weighted by atomic mass is 9.92. The quantitative estimate of drug-likeness (QED) is 0.198. The minimum absolute atomic E-state index is 0.00259. The number of rotatable bonds is 12. The van der Waals surface area contributed by atoms with E-state index >= 15 is 0 Å². The Morgan fingerprint density at radius 3 is 2.52 bits per heavy atom. The SMILES string of the molecule is [2H]C([2H])(C)n1nc(C(C)(C)C)cc1CC(=O)Cc1ccc(Oc2ccnc3cc(OC([2H])([2H])C([2H])([2H])OC)c(NC(C)=O)cc23)cc1Cl. The molecule has 0 bridgehead atoms. The monoisotopic (exact) mass is 598 g/mol. The third-order valence-corrected chi connectivity index (χ3v) is 6.55. The molecule has 0 aliphatic rings. The Kier molecular flexibility index (Phi) is 7.50. The van der Waals surface area contributed by atoms with Crippen molar-refractivity contribution >= 4 is 39.9 Å². The number of fused-ring (bicyclic) bond motifs is 1. The topological polar surface area (TPSA) is 105 Å². The number of pyridine rings is 1. The van der Waals surface area contributed by atoms with Crippen molar-refractivity contribution in [3.05, 3.63) is 70.6 Å². The van der Waals surface area contributed by atoms with Crippen LogP contribution >= 0.6 is 11.6 Å². The lowest BCUT2D eigenvalue weighted by Gasteiger charge is -2.15. The van der Waals surface area contributed by atoms with E-state index in [9.17, 15) is 9.59 Å². The standard InChI is InChI=1S/C32H37ClN4O5/c1-7-37-22(16-31(36-37)32(3,4)5)15-23(39)14-21-8-9-24(17-26(21)33)42-29-10-11-34-27-19-30(41-13-12-40-6)28(18-25(27)29)35-20(2)38/h8-11,16-19H,7,12-15H2,1-6H3,(H,35,38)/i7D2,12D2,13D2. The Bertz CT molecular complexity index is 1850. The van der Waals surface area contributed by atoms with Crippen LogP contribution in [0.2, 0.25) is 5.02 Å². The first-order valence-electron chi connectivity index (χ1n) is 16.1. The number of nitrogens with zero attached hydrogens (tertiary/aromatic N) is 3. The molecule has 9 nitrogen and oxygen atoms in total. The van der Waals surface area contributed by atoms with Gasteiger partial charge in [-0.3, -0.25) is 19.3 Å². The fourth-order valence-corrected chi connectivity index (χ4v) is 4.41. The van der Waals surface area contributed by atoms with Crippen molar-refractivity contribution in [1.82, 2.24) is 14.8 Å². The van der Waals surface area contributed by atoms with Crippen molar-refractivity contribution in [1.29, 1.82) is 0 Å². The second-order valence-corrected chi connectivity index (χ2v) is 10.9. The van der Waals surface area contributed by atoms with E-state index < -0.39 is 25.5 Å². The van der Waals surface area contributed by atoms with Gasteiger partial charge in [-0.1, -0.05) is 38.4 Å². The van der Waals surface area contributed by atoms with Crippen molar-refractivity contribution in [2.45, 2.75) is 59.4 Å². The fraction of sp³-hybridized carbons (Fsp3) is 0.375. The molecule has 0 unspecified atom stereocenters. The molecule has 0 atom stereocenters.